The van der Waals surface area contributed by atoms with Gasteiger partial charge in [-0.25, -0.2) is 9.78 Å². The van der Waals surface area contributed by atoms with Crippen LogP contribution in [0, 0.1) is 18.8 Å². The molecule has 2 heterocycles. The third-order valence-electron chi connectivity index (χ3n) is 6.46. The molecule has 0 aliphatic heterocycles. The maximum absolute atomic E-state index is 11.7. The van der Waals surface area contributed by atoms with Crippen molar-refractivity contribution in [2.24, 2.45) is 0 Å². The van der Waals surface area contributed by atoms with Crippen molar-refractivity contribution in [3.05, 3.63) is 97.5 Å². The zero-order valence-corrected chi connectivity index (χ0v) is 23.2. The van der Waals surface area contributed by atoms with Crippen LogP contribution in [0.1, 0.15) is 57.5 Å². The summed E-state index contributed by atoms with van der Waals surface area (Å²) < 4.78 is 17.2. The molecule has 1 aliphatic carbocycles. The number of hydrogen-bond donors (Lipinski definition) is 1. The fraction of sp³-hybridized carbons (Fsp3) is 0.167. The van der Waals surface area contributed by atoms with Crippen LogP contribution >= 0.6 is 34.8 Å². The Kier molecular flexibility index (Phi) is 6.93. The van der Waals surface area contributed by atoms with Gasteiger partial charge in [-0.1, -0.05) is 57.9 Å². The molecule has 0 spiro atoms. The smallest absolute Gasteiger partial charge is 0.339 e. The maximum atomic E-state index is 11.7. The van der Waals surface area contributed by atoms with Crippen molar-refractivity contribution in [1.29, 1.82) is 0 Å². The van der Waals surface area contributed by atoms with E-state index >= 15 is 0 Å². The van der Waals surface area contributed by atoms with Gasteiger partial charge >= 0.3 is 5.97 Å². The minimum Gasteiger partial charge on any atom is -0.489 e. The van der Waals surface area contributed by atoms with Crippen molar-refractivity contribution in [2.45, 2.75) is 32.3 Å². The summed E-state index contributed by atoms with van der Waals surface area (Å²) in [5, 5.41) is 15.2. The number of halogens is 3. The lowest BCUT2D eigenvalue weighted by atomic mass is 10.0. The van der Waals surface area contributed by atoms with Crippen LogP contribution in [-0.4, -0.2) is 21.2 Å². The van der Waals surface area contributed by atoms with Crippen molar-refractivity contribution in [2.75, 3.05) is 0 Å². The normalized spacial score (nSPS) is 12.8. The van der Waals surface area contributed by atoms with Crippen molar-refractivity contribution in [1.82, 2.24) is 10.1 Å². The maximum Gasteiger partial charge on any atom is 0.339 e. The van der Waals surface area contributed by atoms with Gasteiger partial charge in [0.15, 0.2) is 11.5 Å². The predicted molar refractivity (Wildman–Crippen MR) is 151 cm³/mol. The molecule has 1 fully saturated rings. The van der Waals surface area contributed by atoms with Gasteiger partial charge < -0.3 is 18.8 Å². The summed E-state index contributed by atoms with van der Waals surface area (Å²) in [6.45, 7) is 1.84. The zero-order chi connectivity index (χ0) is 28.0. The molecule has 10 heteroatoms. The minimum atomic E-state index is -1.12. The molecule has 0 atom stereocenters. The number of carbonyl (C=O) groups is 1. The number of rotatable bonds is 6. The quantitative estimate of drug-likeness (QED) is 0.198. The number of benzene rings is 3. The molecule has 40 heavy (non-hydrogen) atoms. The molecular formula is C30H19Cl3N2O5. The highest BCUT2D eigenvalue weighted by atomic mass is 35.5. The Balaban J connectivity index is 1.25. The first kappa shape index (κ1) is 26.3. The number of nitrogens with zero attached hydrogens (tertiary/aromatic N) is 2. The Bertz CT molecular complexity index is 1840. The van der Waals surface area contributed by atoms with Crippen LogP contribution in [0.4, 0.5) is 0 Å². The first-order chi connectivity index (χ1) is 19.3. The van der Waals surface area contributed by atoms with Crippen LogP contribution < -0.4 is 4.74 Å². The predicted octanol–water partition coefficient (Wildman–Crippen LogP) is 8.31. The fourth-order valence-corrected chi connectivity index (χ4v) is 5.20. The van der Waals surface area contributed by atoms with Gasteiger partial charge in [0.25, 0.3) is 0 Å². The Labute approximate surface area is 243 Å². The summed E-state index contributed by atoms with van der Waals surface area (Å²) >= 11 is 19.4. The minimum absolute atomic E-state index is 0.00556. The highest BCUT2D eigenvalue weighted by Gasteiger charge is 2.33. The van der Waals surface area contributed by atoms with E-state index < -0.39 is 5.97 Å². The van der Waals surface area contributed by atoms with Gasteiger partial charge in [0.05, 0.1) is 20.6 Å². The molecule has 0 saturated heterocycles. The molecule has 3 aromatic carbocycles. The van der Waals surface area contributed by atoms with Crippen molar-refractivity contribution < 1.29 is 23.6 Å². The number of carboxylic acid groups (broad SMARTS) is 1. The zero-order valence-electron chi connectivity index (χ0n) is 20.9. The summed E-state index contributed by atoms with van der Waals surface area (Å²) in [5.74, 6) is 6.82. The summed E-state index contributed by atoms with van der Waals surface area (Å²) in [4.78, 5) is 15.9. The number of aromatic nitrogens is 2. The largest absolute Gasteiger partial charge is 0.489 e. The third kappa shape index (κ3) is 5.14. The molecule has 1 aliphatic rings. The fourth-order valence-electron chi connectivity index (χ4n) is 4.41. The summed E-state index contributed by atoms with van der Waals surface area (Å²) in [5.41, 5.74) is 3.62. The van der Waals surface area contributed by atoms with E-state index in [1.54, 1.807) is 49.4 Å². The van der Waals surface area contributed by atoms with Gasteiger partial charge in [-0.3, -0.25) is 0 Å². The molecule has 2 aromatic heterocycles. The van der Waals surface area contributed by atoms with Crippen LogP contribution in [0.3, 0.4) is 0 Å². The molecule has 0 bridgehead atoms. The van der Waals surface area contributed by atoms with E-state index in [-0.39, 0.29) is 17.8 Å². The van der Waals surface area contributed by atoms with Gasteiger partial charge in [0.2, 0.25) is 0 Å². The van der Waals surface area contributed by atoms with E-state index in [9.17, 15) is 9.90 Å². The van der Waals surface area contributed by atoms with Crippen molar-refractivity contribution in [3.63, 3.8) is 0 Å². The lowest BCUT2D eigenvalue weighted by molar-refractivity contribution is 0.0697. The second-order valence-corrected chi connectivity index (χ2v) is 10.6. The van der Waals surface area contributed by atoms with Crippen molar-refractivity contribution in [3.8, 4) is 28.8 Å². The Hall–Kier alpha value is -3.96. The number of ether oxygens (including phenoxy) is 1. The molecule has 7 nitrogen and oxygen atoms in total. The number of aryl methyl sites for hydroxylation is 1. The second kappa shape index (κ2) is 10.5. The highest BCUT2D eigenvalue weighted by molar-refractivity contribution is 6.39. The molecule has 1 saturated carbocycles. The van der Waals surface area contributed by atoms with Crippen molar-refractivity contribution >= 4 is 51.9 Å². The number of fused-ring (bicyclic) bond motifs is 1. The van der Waals surface area contributed by atoms with Crippen LogP contribution in [0.25, 0.3) is 22.4 Å². The SMILES string of the molecule is Cc1nc2cc(C#Cc3ccc(OCc4c(-c5c(Cl)cccc5Cl)noc4C4CC4)cc3Cl)cc(C(=O)O)c2o1. The Morgan fingerprint density at radius 2 is 1.85 bits per heavy atom. The molecule has 1 N–H and O–H groups in total. The summed E-state index contributed by atoms with van der Waals surface area (Å²) in [6, 6.07) is 13.6. The van der Waals surface area contributed by atoms with E-state index in [1.807, 2.05) is 0 Å². The first-order valence-corrected chi connectivity index (χ1v) is 13.4. The first-order valence-electron chi connectivity index (χ1n) is 12.3. The molecule has 200 valence electrons. The molecule has 0 unspecified atom stereocenters. The van der Waals surface area contributed by atoms with Gasteiger partial charge in [-0.2, -0.15) is 0 Å². The molecule has 0 amide bonds. The van der Waals surface area contributed by atoms with E-state index in [0.717, 1.165) is 24.2 Å². The van der Waals surface area contributed by atoms with Crippen LogP contribution in [0.5, 0.6) is 5.75 Å². The number of hydrogen-bond acceptors (Lipinski definition) is 6. The summed E-state index contributed by atoms with van der Waals surface area (Å²) in [6.07, 6.45) is 2.04. The van der Waals surface area contributed by atoms with Gasteiger partial charge in [-0.15, -0.1) is 0 Å². The molecular weight excluding hydrogens is 575 g/mol. The van der Waals surface area contributed by atoms with Gasteiger partial charge in [-0.05, 0) is 49.2 Å². The molecule has 6 rings (SSSR count). The van der Waals surface area contributed by atoms with E-state index in [1.165, 1.54) is 6.07 Å². The van der Waals surface area contributed by atoms with Gasteiger partial charge in [0, 0.05) is 35.6 Å². The van der Waals surface area contributed by atoms with E-state index in [4.69, 9.17) is 48.5 Å². The van der Waals surface area contributed by atoms with Crippen LogP contribution in [-0.2, 0) is 6.61 Å². The van der Waals surface area contributed by atoms with E-state index in [2.05, 4.69) is 22.0 Å². The monoisotopic (exact) mass is 592 g/mol. The van der Waals surface area contributed by atoms with Crippen LogP contribution in [0.15, 0.2) is 57.5 Å². The second-order valence-electron chi connectivity index (χ2n) is 9.34. The van der Waals surface area contributed by atoms with Crippen LogP contribution in [0.2, 0.25) is 15.1 Å². The number of aromatic carboxylic acids is 1. The Morgan fingerprint density at radius 3 is 2.55 bits per heavy atom. The molecule has 0 radical (unpaired) electrons. The number of oxazole rings is 1. The van der Waals surface area contributed by atoms with E-state index in [0.29, 0.717) is 60.5 Å². The average molecular weight is 594 g/mol. The standard InChI is InChI=1S/C30H19Cl3N2O5/c1-15-34-25-12-16(11-20(30(36)37)29(25)39-15)5-6-17-9-10-19(13-24(17)33)38-14-21-27(35-40-28(21)18-7-8-18)26-22(31)3-2-4-23(26)32/h2-4,9-13,18H,7-8,14H2,1H3,(H,36,37). The summed E-state index contributed by atoms with van der Waals surface area (Å²) in [7, 11) is 0. The third-order valence-corrected chi connectivity index (χ3v) is 7.40. The lowest BCUT2D eigenvalue weighted by Crippen LogP contribution is -2.00. The molecule has 5 aromatic rings. The average Bonchev–Trinajstić information content (AvgIpc) is 3.56. The topological polar surface area (TPSA) is 98.6 Å². The van der Waals surface area contributed by atoms with Gasteiger partial charge in [0.1, 0.15) is 34.9 Å². The Morgan fingerprint density at radius 1 is 1.07 bits per heavy atom. The lowest BCUT2D eigenvalue weighted by Gasteiger charge is -2.10. The number of carboxylic acids is 1. The highest BCUT2D eigenvalue weighted by Crippen LogP contribution is 2.46.